The second kappa shape index (κ2) is 14.9. The van der Waals surface area contributed by atoms with Crippen LogP contribution >= 0.6 is 0 Å². The average Bonchev–Trinajstić information content (AvgIpc) is 3.75. The number of ketones is 1. The van der Waals surface area contributed by atoms with Gasteiger partial charge in [0.05, 0.1) is 16.8 Å². The van der Waals surface area contributed by atoms with Gasteiger partial charge in [-0.15, -0.1) is 17.5 Å². The second-order valence-corrected chi connectivity index (χ2v) is 13.7. The number of carbonyl (C=O) groups is 1. The van der Waals surface area contributed by atoms with Gasteiger partial charge < -0.3 is 9.51 Å². The molecule has 0 saturated heterocycles. The zero-order chi connectivity index (χ0) is 33.4. The van der Waals surface area contributed by atoms with Crippen molar-refractivity contribution in [3.05, 3.63) is 90.5 Å². The number of nitrogens with zero attached hydrogens (tertiary/aromatic N) is 3. The van der Waals surface area contributed by atoms with E-state index in [-0.39, 0.29) is 43.5 Å². The molecule has 0 unspecified atom stereocenters. The number of allylic oxidation sites excluding steroid dienone is 2. The molecule has 1 aliphatic rings. The molecule has 255 valence electrons. The first-order valence-electron chi connectivity index (χ1n) is 18.1. The Morgan fingerprint density at radius 2 is 1.59 bits per heavy atom. The smallest absolute Gasteiger partial charge is 0.162 e. The molecule has 7 aromatic rings. The number of carbonyl (C=O) groups excluding carboxylic acids is 1. The third-order valence-electron chi connectivity index (χ3n) is 10.9. The van der Waals surface area contributed by atoms with E-state index in [1.54, 1.807) is 6.33 Å². The van der Waals surface area contributed by atoms with Crippen LogP contribution in [-0.2, 0) is 31.3 Å². The van der Waals surface area contributed by atoms with Crippen molar-refractivity contribution in [2.75, 3.05) is 0 Å². The van der Waals surface area contributed by atoms with Crippen LogP contribution in [0.5, 0.6) is 0 Å². The summed E-state index contributed by atoms with van der Waals surface area (Å²) in [5.41, 5.74) is 7.20. The zero-order valence-corrected chi connectivity index (χ0v) is 31.4. The first-order valence-corrected chi connectivity index (χ1v) is 18.1. The molecule has 1 N–H and O–H groups in total. The summed E-state index contributed by atoms with van der Waals surface area (Å²) >= 11 is 0. The normalized spacial score (nSPS) is 14.2. The Kier molecular flexibility index (Phi) is 10.7. The summed E-state index contributed by atoms with van der Waals surface area (Å²) in [6, 6.07) is 25.7. The van der Waals surface area contributed by atoms with Crippen molar-refractivity contribution in [3.8, 4) is 0 Å². The van der Waals surface area contributed by atoms with E-state index in [0.717, 1.165) is 65.2 Å². The van der Waals surface area contributed by atoms with Crippen molar-refractivity contribution in [3.63, 3.8) is 0 Å². The number of aliphatic hydroxyl groups is 1. The fourth-order valence-corrected chi connectivity index (χ4v) is 8.20. The molecule has 1 aliphatic carbocycles. The van der Waals surface area contributed by atoms with Crippen LogP contribution in [0.3, 0.4) is 0 Å². The Hall–Kier alpha value is -3.86. The SMILES string of the molecule is CCC(CC)C(=O)/C=C(\O)C(CC)CC.[Ir].[c-]1c2ccccc2cc2c1c1ncnc3cc(CC4CCCC4)c4c5ccccc5n2c4c31. The predicted molar refractivity (Wildman–Crippen MR) is 200 cm³/mol. The van der Waals surface area contributed by atoms with Crippen LogP contribution in [0.4, 0.5) is 0 Å². The Bertz CT molecular complexity index is 2270. The molecule has 8 rings (SSSR count). The molecule has 4 aromatic carbocycles. The summed E-state index contributed by atoms with van der Waals surface area (Å²) in [7, 11) is 0. The van der Waals surface area contributed by atoms with Gasteiger partial charge in [0, 0.05) is 65.2 Å². The quantitative estimate of drug-likeness (QED) is 0.0517. The van der Waals surface area contributed by atoms with Gasteiger partial charge in [0.15, 0.2) is 5.78 Å². The molecule has 0 spiro atoms. The summed E-state index contributed by atoms with van der Waals surface area (Å²) < 4.78 is 2.46. The predicted octanol–water partition coefficient (Wildman–Crippen LogP) is 11.3. The minimum atomic E-state index is 0. The second-order valence-electron chi connectivity index (χ2n) is 13.7. The Labute approximate surface area is 302 Å². The maximum Gasteiger partial charge on any atom is 0.162 e. The van der Waals surface area contributed by atoms with E-state index in [0.29, 0.717) is 0 Å². The van der Waals surface area contributed by atoms with Gasteiger partial charge in [-0.25, -0.2) is 4.98 Å². The van der Waals surface area contributed by atoms with Crippen LogP contribution in [0.2, 0.25) is 0 Å². The largest absolute Gasteiger partial charge is 0.512 e. The zero-order valence-electron chi connectivity index (χ0n) is 29.1. The number of aromatic nitrogens is 3. The van der Waals surface area contributed by atoms with Crippen molar-refractivity contribution in [2.24, 2.45) is 17.8 Å². The molecular formula is C43H46IrN3O2-. The molecule has 0 amide bonds. The number of aliphatic hydroxyl groups excluding tert-OH is 1. The van der Waals surface area contributed by atoms with Crippen molar-refractivity contribution in [1.82, 2.24) is 14.4 Å². The minimum absolute atomic E-state index is 0. The molecule has 1 saturated carbocycles. The average molecular weight is 829 g/mol. The molecule has 3 aromatic heterocycles. The summed E-state index contributed by atoms with van der Waals surface area (Å²) in [6.07, 6.45) is 13.2. The van der Waals surface area contributed by atoms with E-state index in [1.165, 1.54) is 70.0 Å². The third kappa shape index (κ3) is 6.35. The van der Waals surface area contributed by atoms with Gasteiger partial charge >= 0.3 is 0 Å². The number of hydrogen-bond acceptors (Lipinski definition) is 4. The number of rotatable bonds is 9. The van der Waals surface area contributed by atoms with Crippen LogP contribution in [-0.4, -0.2) is 25.3 Å². The summed E-state index contributed by atoms with van der Waals surface area (Å²) in [5.74, 6) is 1.33. The molecule has 1 fully saturated rings. The molecule has 49 heavy (non-hydrogen) atoms. The van der Waals surface area contributed by atoms with Gasteiger partial charge in [-0.3, -0.25) is 9.78 Å². The van der Waals surface area contributed by atoms with Gasteiger partial charge in [0.25, 0.3) is 0 Å². The summed E-state index contributed by atoms with van der Waals surface area (Å²) in [5, 5.41) is 17.0. The van der Waals surface area contributed by atoms with Crippen molar-refractivity contribution >= 4 is 65.7 Å². The molecule has 6 heteroatoms. The molecule has 0 aliphatic heterocycles. The van der Waals surface area contributed by atoms with Gasteiger partial charge in [-0.2, -0.15) is 0 Å². The van der Waals surface area contributed by atoms with Gasteiger partial charge in [0.1, 0.15) is 6.33 Å². The van der Waals surface area contributed by atoms with Crippen LogP contribution in [0.15, 0.2) is 78.8 Å². The monoisotopic (exact) mass is 829 g/mol. The van der Waals surface area contributed by atoms with Crippen molar-refractivity contribution in [2.45, 2.75) is 85.5 Å². The van der Waals surface area contributed by atoms with Gasteiger partial charge in [-0.05, 0) is 61.2 Å². The third-order valence-corrected chi connectivity index (χ3v) is 10.9. The van der Waals surface area contributed by atoms with E-state index in [4.69, 9.17) is 9.97 Å². The summed E-state index contributed by atoms with van der Waals surface area (Å²) in [6.45, 7) is 8.07. The Morgan fingerprint density at radius 3 is 2.33 bits per heavy atom. The van der Waals surface area contributed by atoms with Crippen molar-refractivity contribution < 1.29 is 30.0 Å². The van der Waals surface area contributed by atoms with Crippen LogP contribution < -0.4 is 0 Å². The van der Waals surface area contributed by atoms with E-state index >= 15 is 0 Å². The topological polar surface area (TPSA) is 67.5 Å². The van der Waals surface area contributed by atoms with Crippen LogP contribution in [0.25, 0.3) is 59.9 Å². The van der Waals surface area contributed by atoms with Crippen LogP contribution in [0, 0.1) is 23.8 Å². The van der Waals surface area contributed by atoms with Gasteiger partial charge in [-0.1, -0.05) is 107 Å². The maximum absolute atomic E-state index is 11.7. The van der Waals surface area contributed by atoms with Gasteiger partial charge in [0.2, 0.25) is 0 Å². The number of benzene rings is 4. The van der Waals surface area contributed by atoms with E-state index in [9.17, 15) is 9.90 Å². The van der Waals surface area contributed by atoms with E-state index < -0.39 is 0 Å². The molecule has 5 nitrogen and oxygen atoms in total. The summed E-state index contributed by atoms with van der Waals surface area (Å²) in [4.78, 5) is 21.3. The standard InChI is InChI=1S/C30H22N3.C13H24O2.Ir/c1-2-8-18(7-1)13-21-15-24-28-29(32-17-31-24)23-14-19-9-3-4-10-20(19)16-26(23)33-25-12-6-5-11-22(25)27(21)30(28)33;1-5-10(6-2)12(14)9-13(15)11(7-3)8-4;/h3-6,9-12,15-18H,1-2,7-8,13H2;9-11,14H,5-8H2,1-4H3;/q-1;;/b;12-9-;. The first-order chi connectivity index (χ1) is 23.5. The fourth-order valence-electron chi connectivity index (χ4n) is 8.20. The molecule has 0 atom stereocenters. The van der Waals surface area contributed by atoms with E-state index in [1.807, 2.05) is 27.7 Å². The molecule has 3 heterocycles. The first kappa shape index (κ1) is 35.0. The molecule has 1 radical (unpaired) electrons. The number of hydrogen-bond donors (Lipinski definition) is 1. The maximum atomic E-state index is 11.7. The molecule has 0 bridgehead atoms. The Morgan fingerprint density at radius 1 is 0.898 bits per heavy atom. The number of fused-ring (bicyclic) bond motifs is 7. The number of para-hydroxylation sites is 1. The molecular weight excluding hydrogens is 783 g/mol. The van der Waals surface area contributed by atoms with Crippen molar-refractivity contribution in [1.29, 1.82) is 0 Å². The minimum Gasteiger partial charge on any atom is -0.512 e. The van der Waals surface area contributed by atoms with E-state index in [2.05, 4.69) is 71.1 Å². The fraction of sp³-hybridized carbons (Fsp3) is 0.372. The Balaban J connectivity index is 0.000000225. The van der Waals surface area contributed by atoms with Crippen LogP contribution in [0.1, 0.15) is 84.6 Å². The number of pyridine rings is 1.